The Balaban J connectivity index is 2.12. The average Bonchev–Trinajstić information content (AvgIpc) is 2.33. The van der Waals surface area contributed by atoms with Crippen LogP contribution in [0.1, 0.15) is 5.56 Å². The summed E-state index contributed by atoms with van der Waals surface area (Å²) >= 11 is 2.26. The molecule has 0 fully saturated rings. The monoisotopic (exact) mass is 340 g/mol. The van der Waals surface area contributed by atoms with Crippen LogP contribution in [-0.2, 0) is 6.42 Å². The van der Waals surface area contributed by atoms with E-state index >= 15 is 0 Å². The number of aromatic nitrogens is 1. The number of pyridine rings is 1. The van der Waals surface area contributed by atoms with Gasteiger partial charge in [0, 0.05) is 9.77 Å². The molecule has 4 heteroatoms. The molecule has 2 N–H and O–H groups in total. The van der Waals surface area contributed by atoms with E-state index < -0.39 is 0 Å². The summed E-state index contributed by atoms with van der Waals surface area (Å²) < 4.78 is 6.90. The maximum absolute atomic E-state index is 5.71. The molecule has 1 heterocycles. The lowest BCUT2D eigenvalue weighted by molar-refractivity contribution is 0.479. The molecule has 0 spiro atoms. The normalized spacial score (nSPS) is 10.2. The highest BCUT2D eigenvalue weighted by molar-refractivity contribution is 14.1. The van der Waals surface area contributed by atoms with Crippen molar-refractivity contribution in [2.75, 3.05) is 6.54 Å². The van der Waals surface area contributed by atoms with Crippen molar-refractivity contribution >= 4 is 22.6 Å². The number of rotatable bonds is 4. The van der Waals surface area contributed by atoms with E-state index in [1.165, 1.54) is 3.57 Å². The number of halogens is 1. The molecule has 0 atom stereocenters. The molecule has 0 saturated heterocycles. The Kier molecular flexibility index (Phi) is 4.33. The SMILES string of the molecule is NCCc1cncc(Oc2ccc(I)cc2)c1. The van der Waals surface area contributed by atoms with Crippen molar-refractivity contribution in [3.63, 3.8) is 0 Å². The van der Waals surface area contributed by atoms with Gasteiger partial charge in [-0.1, -0.05) is 0 Å². The summed E-state index contributed by atoms with van der Waals surface area (Å²) in [6.07, 6.45) is 4.34. The molecule has 88 valence electrons. The molecule has 0 saturated carbocycles. The highest BCUT2D eigenvalue weighted by atomic mass is 127. The van der Waals surface area contributed by atoms with E-state index in [9.17, 15) is 0 Å². The third-order valence-corrected chi connectivity index (χ3v) is 2.97. The van der Waals surface area contributed by atoms with E-state index in [1.807, 2.05) is 36.5 Å². The minimum atomic E-state index is 0.620. The van der Waals surface area contributed by atoms with E-state index in [2.05, 4.69) is 27.6 Å². The molecule has 0 unspecified atom stereocenters. The van der Waals surface area contributed by atoms with Gasteiger partial charge in [0.1, 0.15) is 11.5 Å². The van der Waals surface area contributed by atoms with E-state index in [1.54, 1.807) is 6.20 Å². The van der Waals surface area contributed by atoms with Gasteiger partial charge in [0.05, 0.1) is 6.20 Å². The van der Waals surface area contributed by atoms with Gasteiger partial charge < -0.3 is 10.5 Å². The maximum Gasteiger partial charge on any atom is 0.145 e. The van der Waals surface area contributed by atoms with Gasteiger partial charge in [0.25, 0.3) is 0 Å². The van der Waals surface area contributed by atoms with Crippen LogP contribution in [0.3, 0.4) is 0 Å². The third kappa shape index (κ3) is 3.67. The van der Waals surface area contributed by atoms with Crippen LogP contribution < -0.4 is 10.5 Å². The molecule has 0 bridgehead atoms. The molecule has 1 aromatic carbocycles. The van der Waals surface area contributed by atoms with Crippen LogP contribution in [0.4, 0.5) is 0 Å². The van der Waals surface area contributed by atoms with Crippen molar-refractivity contribution in [3.05, 3.63) is 51.9 Å². The van der Waals surface area contributed by atoms with Gasteiger partial charge in [-0.2, -0.15) is 0 Å². The van der Waals surface area contributed by atoms with Crippen LogP contribution in [0, 0.1) is 3.57 Å². The quantitative estimate of drug-likeness (QED) is 0.871. The zero-order valence-electron chi connectivity index (χ0n) is 9.27. The summed E-state index contributed by atoms with van der Waals surface area (Å²) in [5.41, 5.74) is 6.60. The zero-order chi connectivity index (χ0) is 12.1. The first kappa shape index (κ1) is 12.3. The highest BCUT2D eigenvalue weighted by Crippen LogP contribution is 2.22. The van der Waals surface area contributed by atoms with Gasteiger partial charge in [0.2, 0.25) is 0 Å². The number of benzene rings is 1. The topological polar surface area (TPSA) is 48.1 Å². The largest absolute Gasteiger partial charge is 0.456 e. The van der Waals surface area contributed by atoms with Crippen LogP contribution in [0.15, 0.2) is 42.7 Å². The second-order valence-electron chi connectivity index (χ2n) is 3.62. The Labute approximate surface area is 114 Å². The van der Waals surface area contributed by atoms with E-state index in [4.69, 9.17) is 10.5 Å². The molecule has 2 aromatic rings. The van der Waals surface area contributed by atoms with Gasteiger partial charge in [-0.3, -0.25) is 4.98 Å². The Hall–Kier alpha value is -1.14. The summed E-state index contributed by atoms with van der Waals surface area (Å²) in [5.74, 6) is 1.56. The smallest absolute Gasteiger partial charge is 0.145 e. The first-order valence-corrected chi connectivity index (χ1v) is 6.43. The number of hydrogen-bond donors (Lipinski definition) is 1. The molecular formula is C13H13IN2O. The number of nitrogens with two attached hydrogens (primary N) is 1. The summed E-state index contributed by atoms with van der Waals surface area (Å²) in [6, 6.07) is 9.87. The Bertz CT molecular complexity index is 485. The van der Waals surface area contributed by atoms with E-state index in [0.717, 1.165) is 23.5 Å². The van der Waals surface area contributed by atoms with Crippen molar-refractivity contribution in [1.82, 2.24) is 4.98 Å². The Morgan fingerprint density at radius 2 is 1.88 bits per heavy atom. The lowest BCUT2D eigenvalue weighted by Gasteiger charge is -2.06. The fourth-order valence-electron chi connectivity index (χ4n) is 1.46. The predicted octanol–water partition coefficient (Wildman–Crippen LogP) is 2.98. The van der Waals surface area contributed by atoms with E-state index in [0.29, 0.717) is 6.54 Å². The van der Waals surface area contributed by atoms with Gasteiger partial charge in [-0.15, -0.1) is 0 Å². The lowest BCUT2D eigenvalue weighted by atomic mass is 10.2. The highest BCUT2D eigenvalue weighted by Gasteiger charge is 1.99. The van der Waals surface area contributed by atoms with Gasteiger partial charge >= 0.3 is 0 Å². The zero-order valence-corrected chi connectivity index (χ0v) is 11.4. The van der Waals surface area contributed by atoms with Gasteiger partial charge in [0.15, 0.2) is 0 Å². The standard InChI is InChI=1S/C13H13IN2O/c14-11-1-3-12(4-2-11)17-13-7-10(5-6-15)8-16-9-13/h1-4,7-9H,5-6,15H2. The van der Waals surface area contributed by atoms with Crippen LogP contribution in [0.25, 0.3) is 0 Å². The van der Waals surface area contributed by atoms with Crippen molar-refractivity contribution < 1.29 is 4.74 Å². The molecule has 0 aliphatic heterocycles. The fraction of sp³-hybridized carbons (Fsp3) is 0.154. The minimum Gasteiger partial charge on any atom is -0.456 e. The third-order valence-electron chi connectivity index (χ3n) is 2.25. The lowest BCUT2D eigenvalue weighted by Crippen LogP contribution is -2.03. The molecular weight excluding hydrogens is 327 g/mol. The van der Waals surface area contributed by atoms with Crippen molar-refractivity contribution in [2.24, 2.45) is 5.73 Å². The minimum absolute atomic E-state index is 0.620. The van der Waals surface area contributed by atoms with Crippen molar-refractivity contribution in [2.45, 2.75) is 6.42 Å². The second kappa shape index (κ2) is 5.97. The van der Waals surface area contributed by atoms with Crippen molar-refractivity contribution in [1.29, 1.82) is 0 Å². The molecule has 0 amide bonds. The fourth-order valence-corrected chi connectivity index (χ4v) is 1.82. The number of nitrogens with zero attached hydrogens (tertiary/aromatic N) is 1. The molecule has 0 radical (unpaired) electrons. The van der Waals surface area contributed by atoms with Crippen molar-refractivity contribution in [3.8, 4) is 11.5 Å². The summed E-state index contributed by atoms with van der Waals surface area (Å²) in [6.45, 7) is 0.620. The molecule has 1 aromatic heterocycles. The molecule has 2 rings (SSSR count). The second-order valence-corrected chi connectivity index (χ2v) is 4.87. The van der Waals surface area contributed by atoms with Gasteiger partial charge in [-0.25, -0.2) is 0 Å². The first-order valence-electron chi connectivity index (χ1n) is 5.35. The van der Waals surface area contributed by atoms with Gasteiger partial charge in [-0.05, 0) is 71.5 Å². The predicted molar refractivity (Wildman–Crippen MR) is 76.2 cm³/mol. The van der Waals surface area contributed by atoms with Crippen LogP contribution in [0.5, 0.6) is 11.5 Å². The first-order chi connectivity index (χ1) is 8.28. The molecule has 3 nitrogen and oxygen atoms in total. The maximum atomic E-state index is 5.71. The van der Waals surface area contributed by atoms with Crippen LogP contribution >= 0.6 is 22.6 Å². The Morgan fingerprint density at radius 3 is 2.59 bits per heavy atom. The Morgan fingerprint density at radius 1 is 1.12 bits per heavy atom. The molecule has 17 heavy (non-hydrogen) atoms. The number of ether oxygens (including phenoxy) is 1. The average molecular weight is 340 g/mol. The molecule has 0 aliphatic carbocycles. The summed E-state index contributed by atoms with van der Waals surface area (Å²) in [7, 11) is 0. The number of hydrogen-bond acceptors (Lipinski definition) is 3. The molecule has 0 aliphatic rings. The van der Waals surface area contributed by atoms with Crippen LogP contribution in [-0.4, -0.2) is 11.5 Å². The summed E-state index contributed by atoms with van der Waals surface area (Å²) in [5, 5.41) is 0. The van der Waals surface area contributed by atoms with Crippen LogP contribution in [0.2, 0.25) is 0 Å². The summed E-state index contributed by atoms with van der Waals surface area (Å²) in [4.78, 5) is 4.13. The van der Waals surface area contributed by atoms with E-state index in [-0.39, 0.29) is 0 Å².